The minimum absolute atomic E-state index is 0.194. The van der Waals surface area contributed by atoms with Crippen molar-refractivity contribution in [3.8, 4) is 0 Å². The zero-order valence-electron chi connectivity index (χ0n) is 16.5. The van der Waals surface area contributed by atoms with Gasteiger partial charge in [0.25, 0.3) is 5.91 Å². The molecule has 0 saturated heterocycles. The number of amides is 1. The molecule has 28 heavy (non-hydrogen) atoms. The molecule has 7 heteroatoms. The summed E-state index contributed by atoms with van der Waals surface area (Å²) < 4.78 is 0. The minimum atomic E-state index is -0.194. The smallest absolute Gasteiger partial charge is 0.273 e. The number of nitrogens with one attached hydrogen (secondary N) is 2. The number of aromatic amines is 1. The van der Waals surface area contributed by atoms with Gasteiger partial charge in [-0.25, -0.2) is 15.4 Å². The van der Waals surface area contributed by atoms with Gasteiger partial charge in [-0.2, -0.15) is 5.10 Å². The molecule has 3 heterocycles. The maximum atomic E-state index is 12.5. The monoisotopic (exact) mass is 378 g/mol. The quantitative estimate of drug-likeness (QED) is 0.756. The van der Waals surface area contributed by atoms with Gasteiger partial charge in [0.15, 0.2) is 0 Å². The van der Waals surface area contributed by atoms with Gasteiger partial charge in [0.05, 0.1) is 5.57 Å². The van der Waals surface area contributed by atoms with E-state index in [1.54, 1.807) is 12.4 Å². The zero-order chi connectivity index (χ0) is 19.5. The van der Waals surface area contributed by atoms with Crippen molar-refractivity contribution in [1.29, 1.82) is 0 Å². The van der Waals surface area contributed by atoms with Gasteiger partial charge in [-0.1, -0.05) is 13.8 Å². The Bertz CT molecular complexity index is 924. The predicted octanol–water partition coefficient (Wildman–Crippen LogP) is 2.44. The van der Waals surface area contributed by atoms with E-state index in [1.165, 1.54) is 36.0 Å². The van der Waals surface area contributed by atoms with Crippen molar-refractivity contribution in [2.75, 3.05) is 13.1 Å². The number of hydrogen-bond donors (Lipinski definition) is 2. The van der Waals surface area contributed by atoms with Crippen molar-refractivity contribution >= 4 is 17.7 Å². The number of hydrazone groups is 1. The molecule has 0 atom stereocenters. The molecule has 0 aromatic carbocycles. The molecule has 2 N–H and O–H groups in total. The molecule has 1 aliphatic heterocycles. The van der Waals surface area contributed by atoms with Crippen LogP contribution in [0.5, 0.6) is 0 Å². The first-order chi connectivity index (χ1) is 13.7. The van der Waals surface area contributed by atoms with E-state index in [1.807, 2.05) is 6.08 Å². The Morgan fingerprint density at radius 1 is 1.14 bits per heavy atom. The number of fused-ring (bicyclic) bond motifs is 1. The molecule has 4 rings (SSSR count). The van der Waals surface area contributed by atoms with Crippen LogP contribution in [0.2, 0.25) is 0 Å². The van der Waals surface area contributed by atoms with E-state index in [0.717, 1.165) is 43.7 Å². The summed E-state index contributed by atoms with van der Waals surface area (Å²) in [5.41, 5.74) is 9.55. The molecule has 2 aliphatic rings. The Balaban J connectivity index is 1.76. The van der Waals surface area contributed by atoms with Crippen LogP contribution in [-0.4, -0.2) is 44.6 Å². The van der Waals surface area contributed by atoms with Gasteiger partial charge >= 0.3 is 0 Å². The van der Waals surface area contributed by atoms with Crippen molar-refractivity contribution < 1.29 is 4.79 Å². The van der Waals surface area contributed by atoms with E-state index in [9.17, 15) is 4.79 Å². The van der Waals surface area contributed by atoms with Gasteiger partial charge in [-0.15, -0.1) is 0 Å². The summed E-state index contributed by atoms with van der Waals surface area (Å²) in [4.78, 5) is 26.6. The lowest BCUT2D eigenvalue weighted by molar-refractivity contribution is -0.116. The van der Waals surface area contributed by atoms with Gasteiger partial charge in [-0.3, -0.25) is 9.69 Å². The highest BCUT2D eigenvalue weighted by atomic mass is 16.2. The van der Waals surface area contributed by atoms with Crippen molar-refractivity contribution in [2.45, 2.75) is 46.1 Å². The van der Waals surface area contributed by atoms with Crippen LogP contribution < -0.4 is 5.43 Å². The Kier molecular flexibility index (Phi) is 5.34. The van der Waals surface area contributed by atoms with E-state index >= 15 is 0 Å². The second kappa shape index (κ2) is 8.06. The highest BCUT2D eigenvalue weighted by Gasteiger charge is 2.27. The highest BCUT2D eigenvalue weighted by Crippen LogP contribution is 2.30. The minimum Gasteiger partial charge on any atom is -0.358 e. The Labute approximate surface area is 165 Å². The summed E-state index contributed by atoms with van der Waals surface area (Å²) in [5, 5.41) is 4.21. The molecule has 0 unspecified atom stereocenters. The first-order valence-electron chi connectivity index (χ1n) is 10.0. The number of H-pyrrole nitrogens is 1. The van der Waals surface area contributed by atoms with Crippen LogP contribution in [0.15, 0.2) is 29.4 Å². The molecule has 1 aliphatic carbocycles. The standard InChI is InChI=1S/C21H26N6O/c1-3-27(4-2)12-17-15-7-5-6-8-18(15)24-19(17)9-16-20(25-26-21(16)28)14-10-22-13-23-11-14/h9-11,13,24H,3-8,12H2,1-2H3,(H,26,28). The molecule has 0 spiro atoms. The molecule has 0 radical (unpaired) electrons. The highest BCUT2D eigenvalue weighted by molar-refractivity contribution is 6.33. The molecule has 146 valence electrons. The third kappa shape index (κ3) is 3.49. The largest absolute Gasteiger partial charge is 0.358 e. The van der Waals surface area contributed by atoms with E-state index in [-0.39, 0.29) is 5.91 Å². The van der Waals surface area contributed by atoms with Crippen molar-refractivity contribution in [3.05, 3.63) is 52.4 Å². The van der Waals surface area contributed by atoms with E-state index in [2.05, 4.69) is 44.2 Å². The summed E-state index contributed by atoms with van der Waals surface area (Å²) in [6.07, 6.45) is 11.4. The van der Waals surface area contributed by atoms with Crippen LogP contribution in [0.1, 0.15) is 54.8 Å². The summed E-state index contributed by atoms with van der Waals surface area (Å²) in [6, 6.07) is 0. The topological polar surface area (TPSA) is 86.3 Å². The number of aryl methyl sites for hydroxylation is 1. The lowest BCUT2D eigenvalue weighted by Crippen LogP contribution is -2.23. The molecule has 0 bridgehead atoms. The number of carbonyl (C=O) groups excluding carboxylic acids is 1. The van der Waals surface area contributed by atoms with Crippen molar-refractivity contribution in [2.24, 2.45) is 5.10 Å². The maximum absolute atomic E-state index is 12.5. The maximum Gasteiger partial charge on any atom is 0.273 e. The van der Waals surface area contributed by atoms with Crippen LogP contribution in [0.25, 0.3) is 6.08 Å². The SMILES string of the molecule is CCN(CC)Cc1c(C=C2C(=O)NN=C2c2cncnc2)[nH]c2c1CCCC2. The first kappa shape index (κ1) is 18.6. The molecule has 2 aromatic heterocycles. The molecule has 1 amide bonds. The normalized spacial score (nSPS) is 17.8. The number of hydrogen-bond acceptors (Lipinski definition) is 5. The fourth-order valence-corrected chi connectivity index (χ4v) is 4.01. The predicted molar refractivity (Wildman–Crippen MR) is 109 cm³/mol. The number of nitrogens with zero attached hydrogens (tertiary/aromatic N) is 4. The van der Waals surface area contributed by atoms with E-state index in [0.29, 0.717) is 11.3 Å². The van der Waals surface area contributed by atoms with Crippen LogP contribution in [0, 0.1) is 0 Å². The van der Waals surface area contributed by atoms with Gasteiger partial charge in [0.2, 0.25) is 0 Å². The van der Waals surface area contributed by atoms with Crippen LogP contribution in [0.3, 0.4) is 0 Å². The summed E-state index contributed by atoms with van der Waals surface area (Å²) >= 11 is 0. The van der Waals surface area contributed by atoms with Crippen LogP contribution >= 0.6 is 0 Å². The number of carbonyl (C=O) groups is 1. The second-order valence-electron chi connectivity index (χ2n) is 7.23. The lowest BCUT2D eigenvalue weighted by Gasteiger charge is -2.20. The van der Waals surface area contributed by atoms with Gasteiger partial charge in [-0.05, 0) is 56.0 Å². The molecular formula is C21H26N6O. The summed E-state index contributed by atoms with van der Waals surface area (Å²) in [5.74, 6) is -0.194. The fraction of sp³-hybridized carbons (Fsp3) is 0.429. The summed E-state index contributed by atoms with van der Waals surface area (Å²) in [7, 11) is 0. The van der Waals surface area contributed by atoms with E-state index in [4.69, 9.17) is 0 Å². The Hall–Kier alpha value is -2.80. The third-order valence-corrected chi connectivity index (χ3v) is 5.61. The second-order valence-corrected chi connectivity index (χ2v) is 7.23. The molecule has 7 nitrogen and oxygen atoms in total. The molecule has 0 saturated carbocycles. The first-order valence-corrected chi connectivity index (χ1v) is 10.0. The van der Waals surface area contributed by atoms with Crippen molar-refractivity contribution in [3.63, 3.8) is 0 Å². The zero-order valence-corrected chi connectivity index (χ0v) is 16.5. The van der Waals surface area contributed by atoms with E-state index < -0.39 is 0 Å². The molecule has 0 fully saturated rings. The van der Waals surface area contributed by atoms with Crippen LogP contribution in [-0.2, 0) is 24.2 Å². The third-order valence-electron chi connectivity index (χ3n) is 5.61. The average molecular weight is 378 g/mol. The van der Waals surface area contributed by atoms with Crippen molar-refractivity contribution in [1.82, 2.24) is 25.3 Å². The summed E-state index contributed by atoms with van der Waals surface area (Å²) in [6.45, 7) is 7.26. The van der Waals surface area contributed by atoms with Gasteiger partial charge < -0.3 is 4.98 Å². The molecule has 2 aromatic rings. The Morgan fingerprint density at radius 3 is 2.64 bits per heavy atom. The Morgan fingerprint density at radius 2 is 1.89 bits per heavy atom. The molecular weight excluding hydrogens is 352 g/mol. The number of aromatic nitrogens is 3. The fourth-order valence-electron chi connectivity index (χ4n) is 4.01. The lowest BCUT2D eigenvalue weighted by atomic mass is 9.93. The van der Waals surface area contributed by atoms with Crippen LogP contribution in [0.4, 0.5) is 0 Å². The van der Waals surface area contributed by atoms with Gasteiger partial charge in [0.1, 0.15) is 12.0 Å². The van der Waals surface area contributed by atoms with Gasteiger partial charge in [0, 0.05) is 35.9 Å². The average Bonchev–Trinajstić information content (AvgIpc) is 3.27. The number of rotatable bonds is 6.